The van der Waals surface area contributed by atoms with Crippen molar-refractivity contribution in [3.8, 4) is 0 Å². The minimum absolute atomic E-state index is 0.0814. The van der Waals surface area contributed by atoms with Crippen LogP contribution < -0.4 is 10.2 Å². The first kappa shape index (κ1) is 10.5. The lowest BCUT2D eigenvalue weighted by Gasteiger charge is -2.16. The van der Waals surface area contributed by atoms with Gasteiger partial charge in [-0.05, 0) is 25.7 Å². The van der Waals surface area contributed by atoms with Crippen LogP contribution in [0.3, 0.4) is 0 Å². The molecule has 1 saturated heterocycles. The molecular formula is C12H16N4O. The van der Waals surface area contributed by atoms with Crippen molar-refractivity contribution >= 4 is 17.5 Å². The first-order valence-electron chi connectivity index (χ1n) is 6.21. The summed E-state index contributed by atoms with van der Waals surface area (Å²) in [6, 6.07) is 0. The van der Waals surface area contributed by atoms with Crippen molar-refractivity contribution in [1.82, 2.24) is 9.97 Å². The normalized spacial score (nSPS) is 19.4. The van der Waals surface area contributed by atoms with Gasteiger partial charge < -0.3 is 10.2 Å². The second kappa shape index (κ2) is 4.31. The van der Waals surface area contributed by atoms with Crippen LogP contribution in [0, 0.1) is 5.92 Å². The topological polar surface area (TPSA) is 58.1 Å². The number of nitrogens with zero attached hydrogens (tertiary/aromatic N) is 3. The monoisotopic (exact) mass is 232 g/mol. The maximum absolute atomic E-state index is 11.6. The van der Waals surface area contributed by atoms with Crippen LogP contribution in [0.1, 0.15) is 25.7 Å². The van der Waals surface area contributed by atoms with E-state index in [1.165, 1.54) is 12.8 Å². The third-order valence-corrected chi connectivity index (χ3v) is 3.25. The number of aromatic nitrogens is 2. The smallest absolute Gasteiger partial charge is 0.228 e. The van der Waals surface area contributed by atoms with Crippen molar-refractivity contribution in [1.29, 1.82) is 0 Å². The maximum atomic E-state index is 11.6. The van der Waals surface area contributed by atoms with Crippen LogP contribution in [-0.2, 0) is 4.79 Å². The van der Waals surface area contributed by atoms with E-state index in [9.17, 15) is 4.79 Å². The molecule has 0 bridgehead atoms. The summed E-state index contributed by atoms with van der Waals surface area (Å²) in [6.45, 7) is 2.07. The zero-order valence-corrected chi connectivity index (χ0v) is 9.72. The minimum Gasteiger partial charge on any atom is -0.355 e. The van der Waals surface area contributed by atoms with Gasteiger partial charge in [-0.3, -0.25) is 9.78 Å². The van der Waals surface area contributed by atoms with Gasteiger partial charge in [0, 0.05) is 19.0 Å². The molecule has 0 spiro atoms. The molecule has 3 rings (SSSR count). The highest BCUT2D eigenvalue weighted by molar-refractivity contribution is 5.93. The molecule has 90 valence electrons. The van der Waals surface area contributed by atoms with Gasteiger partial charge >= 0.3 is 0 Å². The Balaban J connectivity index is 1.71. The molecule has 0 aromatic carbocycles. The molecule has 1 aromatic rings. The van der Waals surface area contributed by atoms with Crippen LogP contribution in [0.4, 0.5) is 11.6 Å². The van der Waals surface area contributed by atoms with Crippen molar-refractivity contribution in [3.05, 3.63) is 12.4 Å². The summed E-state index contributed by atoms with van der Waals surface area (Å²) in [7, 11) is 0. The summed E-state index contributed by atoms with van der Waals surface area (Å²) in [5.41, 5.74) is 0. The molecule has 2 aliphatic rings. The maximum Gasteiger partial charge on any atom is 0.228 e. The lowest BCUT2D eigenvalue weighted by atomic mass is 10.4. The van der Waals surface area contributed by atoms with E-state index < -0.39 is 0 Å². The first-order valence-corrected chi connectivity index (χ1v) is 6.21. The number of amides is 1. The molecule has 17 heavy (non-hydrogen) atoms. The highest BCUT2D eigenvalue weighted by Gasteiger charge is 2.29. The van der Waals surface area contributed by atoms with E-state index in [-0.39, 0.29) is 11.8 Å². The van der Waals surface area contributed by atoms with Gasteiger partial charge in [-0.25, -0.2) is 4.98 Å². The lowest BCUT2D eigenvalue weighted by Crippen LogP contribution is -2.21. The van der Waals surface area contributed by atoms with Crippen molar-refractivity contribution in [2.45, 2.75) is 25.7 Å². The summed E-state index contributed by atoms with van der Waals surface area (Å²) in [5, 5.41) is 2.83. The van der Waals surface area contributed by atoms with E-state index in [0.29, 0.717) is 5.82 Å². The molecule has 1 aliphatic carbocycles. The van der Waals surface area contributed by atoms with Gasteiger partial charge in [0.15, 0.2) is 5.82 Å². The number of hydrogen-bond acceptors (Lipinski definition) is 4. The molecule has 1 saturated carbocycles. The standard InChI is InChI=1S/C12H16N4O/c17-12(9-3-4-9)15-10-7-13-8-11(14-10)16-5-1-2-6-16/h7-9H,1-6H2,(H,14,15,17). The molecule has 1 aliphatic heterocycles. The highest BCUT2D eigenvalue weighted by atomic mass is 16.2. The fourth-order valence-corrected chi connectivity index (χ4v) is 2.09. The Morgan fingerprint density at radius 2 is 2.06 bits per heavy atom. The number of hydrogen-bond donors (Lipinski definition) is 1. The van der Waals surface area contributed by atoms with Gasteiger partial charge in [0.2, 0.25) is 5.91 Å². The van der Waals surface area contributed by atoms with Crippen LogP contribution in [0.15, 0.2) is 12.4 Å². The Hall–Kier alpha value is -1.65. The van der Waals surface area contributed by atoms with Crippen LogP contribution in [0.2, 0.25) is 0 Å². The van der Waals surface area contributed by atoms with Gasteiger partial charge in [0.05, 0.1) is 12.4 Å². The molecule has 2 fully saturated rings. The van der Waals surface area contributed by atoms with Crippen molar-refractivity contribution in [2.75, 3.05) is 23.3 Å². The fourth-order valence-electron chi connectivity index (χ4n) is 2.09. The number of rotatable bonds is 3. The van der Waals surface area contributed by atoms with Crippen LogP contribution in [-0.4, -0.2) is 29.0 Å². The van der Waals surface area contributed by atoms with Gasteiger partial charge in [0.1, 0.15) is 5.82 Å². The Kier molecular flexibility index (Phi) is 2.66. The zero-order valence-electron chi connectivity index (χ0n) is 9.72. The van der Waals surface area contributed by atoms with Crippen LogP contribution >= 0.6 is 0 Å². The van der Waals surface area contributed by atoms with E-state index in [2.05, 4.69) is 20.2 Å². The quantitative estimate of drug-likeness (QED) is 0.856. The lowest BCUT2D eigenvalue weighted by molar-refractivity contribution is -0.117. The van der Waals surface area contributed by atoms with Crippen LogP contribution in [0.25, 0.3) is 0 Å². The second-order valence-electron chi connectivity index (χ2n) is 4.72. The van der Waals surface area contributed by atoms with E-state index in [4.69, 9.17) is 0 Å². The Morgan fingerprint density at radius 3 is 2.76 bits per heavy atom. The molecule has 0 unspecified atom stereocenters. The molecule has 5 nitrogen and oxygen atoms in total. The third kappa shape index (κ3) is 2.38. The number of anilines is 2. The van der Waals surface area contributed by atoms with Gasteiger partial charge in [-0.1, -0.05) is 0 Å². The van der Waals surface area contributed by atoms with Gasteiger partial charge in [-0.2, -0.15) is 0 Å². The van der Waals surface area contributed by atoms with Gasteiger partial charge in [0.25, 0.3) is 0 Å². The third-order valence-electron chi connectivity index (χ3n) is 3.25. The van der Waals surface area contributed by atoms with Crippen LogP contribution in [0.5, 0.6) is 0 Å². The molecule has 2 heterocycles. The average molecular weight is 232 g/mol. The Bertz CT molecular complexity index is 424. The van der Waals surface area contributed by atoms with Gasteiger partial charge in [-0.15, -0.1) is 0 Å². The molecule has 1 N–H and O–H groups in total. The second-order valence-corrected chi connectivity index (χ2v) is 4.72. The summed E-state index contributed by atoms with van der Waals surface area (Å²) in [5.74, 6) is 1.73. The zero-order chi connectivity index (χ0) is 11.7. The van der Waals surface area contributed by atoms with E-state index in [1.54, 1.807) is 12.4 Å². The molecule has 1 amide bonds. The number of carbonyl (C=O) groups excluding carboxylic acids is 1. The number of nitrogens with one attached hydrogen (secondary N) is 1. The molecule has 1 aromatic heterocycles. The molecule has 0 radical (unpaired) electrons. The Morgan fingerprint density at radius 1 is 1.29 bits per heavy atom. The van der Waals surface area contributed by atoms with E-state index in [0.717, 1.165) is 31.7 Å². The van der Waals surface area contributed by atoms with Crippen molar-refractivity contribution in [3.63, 3.8) is 0 Å². The SMILES string of the molecule is O=C(Nc1cncc(N2CCCC2)n1)C1CC1. The fraction of sp³-hybridized carbons (Fsp3) is 0.583. The Labute approximate surface area is 100 Å². The van der Waals surface area contributed by atoms with E-state index >= 15 is 0 Å². The summed E-state index contributed by atoms with van der Waals surface area (Å²) in [6.07, 6.45) is 7.80. The van der Waals surface area contributed by atoms with Crippen molar-refractivity contribution < 1.29 is 4.79 Å². The number of carbonyl (C=O) groups is 1. The molecular weight excluding hydrogens is 216 g/mol. The average Bonchev–Trinajstić information content (AvgIpc) is 3.05. The molecule has 5 heteroatoms. The summed E-state index contributed by atoms with van der Waals surface area (Å²) in [4.78, 5) is 22.4. The minimum atomic E-state index is 0.0814. The predicted molar refractivity (Wildman–Crippen MR) is 64.8 cm³/mol. The first-order chi connectivity index (χ1) is 8.33. The predicted octanol–water partition coefficient (Wildman–Crippen LogP) is 1.43. The molecule has 0 atom stereocenters. The summed E-state index contributed by atoms with van der Waals surface area (Å²) < 4.78 is 0. The highest BCUT2D eigenvalue weighted by Crippen LogP contribution is 2.30. The largest absolute Gasteiger partial charge is 0.355 e. The van der Waals surface area contributed by atoms with Crippen molar-refractivity contribution in [2.24, 2.45) is 5.92 Å². The van der Waals surface area contributed by atoms with E-state index in [1.807, 2.05) is 0 Å². The summed E-state index contributed by atoms with van der Waals surface area (Å²) >= 11 is 0.